The number of nitrogens with two attached hydrogens (primary N) is 1. The van der Waals surface area contributed by atoms with Crippen molar-refractivity contribution in [2.24, 2.45) is 0 Å². The van der Waals surface area contributed by atoms with Crippen LogP contribution in [0.25, 0.3) is 0 Å². The largest absolute Gasteiger partial charge is 0.397 e. The van der Waals surface area contributed by atoms with Crippen molar-refractivity contribution >= 4 is 27.3 Å². The third-order valence-corrected chi connectivity index (χ3v) is 2.82. The minimum Gasteiger partial charge on any atom is -0.397 e. The Kier molecular flexibility index (Phi) is 2.93. The van der Waals surface area contributed by atoms with E-state index in [1.54, 1.807) is 0 Å². The minimum absolute atomic E-state index is 0.359. The van der Waals surface area contributed by atoms with E-state index in [-0.39, 0.29) is 0 Å². The van der Waals surface area contributed by atoms with Crippen LogP contribution < -0.4 is 11.1 Å². The summed E-state index contributed by atoms with van der Waals surface area (Å²) in [6.45, 7) is 1.73. The molecule has 76 valence electrons. The summed E-state index contributed by atoms with van der Waals surface area (Å²) in [5.74, 6) is 0. The molecule has 4 heteroatoms. The maximum Gasteiger partial charge on any atom is 0.0769 e. The maximum absolute atomic E-state index is 5.83. The number of anilines is 2. The van der Waals surface area contributed by atoms with Crippen molar-refractivity contribution in [1.29, 1.82) is 0 Å². The lowest BCUT2D eigenvalue weighted by molar-refractivity contribution is -0.0410. The Morgan fingerprint density at radius 1 is 1.57 bits per heavy atom. The highest BCUT2D eigenvalue weighted by Gasteiger charge is 2.17. The molecule has 0 aromatic heterocycles. The van der Waals surface area contributed by atoms with E-state index in [1.807, 2.05) is 18.2 Å². The van der Waals surface area contributed by atoms with Crippen LogP contribution in [-0.2, 0) is 4.74 Å². The molecule has 0 aliphatic carbocycles. The van der Waals surface area contributed by atoms with E-state index < -0.39 is 0 Å². The summed E-state index contributed by atoms with van der Waals surface area (Å²) in [5, 5.41) is 3.27. The first kappa shape index (κ1) is 9.80. The summed E-state index contributed by atoms with van der Waals surface area (Å²) in [7, 11) is 0. The molecule has 1 aromatic carbocycles. The standard InChI is InChI=1S/C10H13BrN2O/c11-7-1-2-10(9(12)5-7)13-6-8-3-4-14-8/h1-2,5,8,13H,3-4,6,12H2/t8-/m0/s1. The topological polar surface area (TPSA) is 47.3 Å². The Labute approximate surface area is 91.8 Å². The van der Waals surface area contributed by atoms with Crippen LogP contribution in [0.3, 0.4) is 0 Å². The first-order chi connectivity index (χ1) is 6.75. The van der Waals surface area contributed by atoms with Crippen molar-refractivity contribution in [2.75, 3.05) is 24.2 Å². The molecule has 1 fully saturated rings. The Morgan fingerprint density at radius 2 is 2.36 bits per heavy atom. The molecule has 0 bridgehead atoms. The Hall–Kier alpha value is -0.740. The summed E-state index contributed by atoms with van der Waals surface area (Å²) in [6, 6.07) is 5.84. The van der Waals surface area contributed by atoms with Crippen LogP contribution >= 0.6 is 15.9 Å². The fraction of sp³-hybridized carbons (Fsp3) is 0.400. The zero-order valence-corrected chi connectivity index (χ0v) is 9.38. The number of hydrogen-bond acceptors (Lipinski definition) is 3. The number of hydrogen-bond donors (Lipinski definition) is 2. The van der Waals surface area contributed by atoms with Gasteiger partial charge in [-0.15, -0.1) is 0 Å². The normalized spacial score (nSPS) is 20.2. The molecule has 1 heterocycles. The van der Waals surface area contributed by atoms with E-state index in [9.17, 15) is 0 Å². The molecular formula is C10H13BrN2O. The molecule has 1 aliphatic rings. The number of nitrogens with one attached hydrogen (secondary N) is 1. The van der Waals surface area contributed by atoms with Crippen molar-refractivity contribution in [3.63, 3.8) is 0 Å². The van der Waals surface area contributed by atoms with E-state index >= 15 is 0 Å². The summed E-state index contributed by atoms with van der Waals surface area (Å²) >= 11 is 3.37. The molecule has 1 atom stereocenters. The number of nitrogen functional groups attached to an aromatic ring is 1. The second-order valence-corrected chi connectivity index (χ2v) is 4.31. The molecule has 0 saturated carbocycles. The third-order valence-electron chi connectivity index (χ3n) is 2.33. The second-order valence-electron chi connectivity index (χ2n) is 3.39. The van der Waals surface area contributed by atoms with Gasteiger partial charge in [0, 0.05) is 17.6 Å². The van der Waals surface area contributed by atoms with Crippen LogP contribution in [0.4, 0.5) is 11.4 Å². The lowest BCUT2D eigenvalue weighted by Gasteiger charge is -2.27. The molecule has 2 rings (SSSR count). The molecule has 0 spiro atoms. The fourth-order valence-electron chi connectivity index (χ4n) is 1.36. The van der Waals surface area contributed by atoms with Crippen molar-refractivity contribution in [1.82, 2.24) is 0 Å². The number of halogens is 1. The van der Waals surface area contributed by atoms with E-state index in [0.29, 0.717) is 6.10 Å². The minimum atomic E-state index is 0.359. The van der Waals surface area contributed by atoms with Gasteiger partial charge in [0.05, 0.1) is 17.5 Å². The molecular weight excluding hydrogens is 244 g/mol. The van der Waals surface area contributed by atoms with Crippen LogP contribution in [0, 0.1) is 0 Å². The highest BCUT2D eigenvalue weighted by molar-refractivity contribution is 9.10. The number of benzene rings is 1. The molecule has 1 aromatic rings. The highest BCUT2D eigenvalue weighted by atomic mass is 79.9. The summed E-state index contributed by atoms with van der Waals surface area (Å²) < 4.78 is 6.30. The van der Waals surface area contributed by atoms with Gasteiger partial charge in [-0.25, -0.2) is 0 Å². The van der Waals surface area contributed by atoms with E-state index in [2.05, 4.69) is 21.2 Å². The average molecular weight is 257 g/mol. The third kappa shape index (κ3) is 2.19. The summed E-state index contributed by atoms with van der Waals surface area (Å²) in [6.07, 6.45) is 1.50. The molecule has 1 aliphatic heterocycles. The molecule has 3 nitrogen and oxygen atoms in total. The lowest BCUT2D eigenvalue weighted by Crippen LogP contribution is -2.33. The molecule has 0 unspecified atom stereocenters. The SMILES string of the molecule is Nc1cc(Br)ccc1NC[C@@H]1CCO1. The Bertz CT molecular complexity index is 326. The zero-order chi connectivity index (χ0) is 9.97. The lowest BCUT2D eigenvalue weighted by atomic mass is 10.2. The Morgan fingerprint density at radius 3 is 2.93 bits per heavy atom. The van der Waals surface area contributed by atoms with Gasteiger partial charge in [-0.05, 0) is 24.6 Å². The van der Waals surface area contributed by atoms with Gasteiger partial charge in [0.15, 0.2) is 0 Å². The van der Waals surface area contributed by atoms with Gasteiger partial charge in [-0.1, -0.05) is 15.9 Å². The predicted molar refractivity (Wildman–Crippen MR) is 61.4 cm³/mol. The summed E-state index contributed by atoms with van der Waals surface area (Å²) in [4.78, 5) is 0. The Balaban J connectivity index is 1.94. The quantitative estimate of drug-likeness (QED) is 0.816. The van der Waals surface area contributed by atoms with Gasteiger partial charge < -0.3 is 15.8 Å². The van der Waals surface area contributed by atoms with Crippen molar-refractivity contribution in [3.05, 3.63) is 22.7 Å². The number of ether oxygens (including phenoxy) is 1. The monoisotopic (exact) mass is 256 g/mol. The van der Waals surface area contributed by atoms with Crippen LogP contribution in [-0.4, -0.2) is 19.3 Å². The van der Waals surface area contributed by atoms with Gasteiger partial charge in [-0.2, -0.15) is 0 Å². The van der Waals surface area contributed by atoms with Gasteiger partial charge in [0.1, 0.15) is 0 Å². The first-order valence-corrected chi connectivity index (χ1v) is 5.45. The fourth-order valence-corrected chi connectivity index (χ4v) is 1.74. The smallest absolute Gasteiger partial charge is 0.0769 e. The van der Waals surface area contributed by atoms with Gasteiger partial charge in [0.2, 0.25) is 0 Å². The zero-order valence-electron chi connectivity index (χ0n) is 7.79. The molecule has 0 radical (unpaired) electrons. The van der Waals surface area contributed by atoms with Crippen LogP contribution in [0.5, 0.6) is 0 Å². The van der Waals surface area contributed by atoms with Crippen LogP contribution in [0.2, 0.25) is 0 Å². The maximum atomic E-state index is 5.83. The molecule has 3 N–H and O–H groups in total. The first-order valence-electron chi connectivity index (χ1n) is 4.66. The molecule has 1 saturated heterocycles. The summed E-state index contributed by atoms with van der Waals surface area (Å²) in [5.41, 5.74) is 7.57. The van der Waals surface area contributed by atoms with Crippen LogP contribution in [0.1, 0.15) is 6.42 Å². The second kappa shape index (κ2) is 4.19. The number of rotatable bonds is 3. The van der Waals surface area contributed by atoms with Crippen LogP contribution in [0.15, 0.2) is 22.7 Å². The van der Waals surface area contributed by atoms with Gasteiger partial charge in [-0.3, -0.25) is 0 Å². The van der Waals surface area contributed by atoms with Gasteiger partial charge >= 0.3 is 0 Å². The van der Waals surface area contributed by atoms with E-state index in [4.69, 9.17) is 10.5 Å². The molecule has 0 amide bonds. The van der Waals surface area contributed by atoms with Crippen molar-refractivity contribution in [2.45, 2.75) is 12.5 Å². The van der Waals surface area contributed by atoms with E-state index in [0.717, 1.165) is 35.4 Å². The predicted octanol–water partition coefficient (Wildman–Crippen LogP) is 2.23. The van der Waals surface area contributed by atoms with E-state index in [1.165, 1.54) is 0 Å². The highest BCUT2D eigenvalue weighted by Crippen LogP contribution is 2.23. The average Bonchev–Trinajstić information content (AvgIpc) is 2.05. The van der Waals surface area contributed by atoms with Crippen molar-refractivity contribution < 1.29 is 4.74 Å². The van der Waals surface area contributed by atoms with Crippen molar-refractivity contribution in [3.8, 4) is 0 Å². The van der Waals surface area contributed by atoms with Gasteiger partial charge in [0.25, 0.3) is 0 Å². The molecule has 14 heavy (non-hydrogen) atoms.